The highest BCUT2D eigenvalue weighted by atomic mass is 32.1. The summed E-state index contributed by atoms with van der Waals surface area (Å²) < 4.78 is 11.3. The molecule has 4 aromatic rings. The summed E-state index contributed by atoms with van der Waals surface area (Å²) in [5, 5.41) is 16.7. The summed E-state index contributed by atoms with van der Waals surface area (Å²) >= 11 is 1.24. The van der Waals surface area contributed by atoms with Crippen LogP contribution in [0.5, 0.6) is 5.75 Å². The van der Waals surface area contributed by atoms with E-state index in [9.17, 15) is 14.9 Å². The van der Waals surface area contributed by atoms with Gasteiger partial charge in [0.25, 0.3) is 11.6 Å². The molecular weight excluding hydrogens is 408 g/mol. The van der Waals surface area contributed by atoms with Crippen LogP contribution in [-0.2, 0) is 0 Å². The van der Waals surface area contributed by atoms with E-state index in [0.29, 0.717) is 22.2 Å². The molecule has 1 amide bonds. The van der Waals surface area contributed by atoms with E-state index >= 15 is 0 Å². The predicted molar refractivity (Wildman–Crippen MR) is 112 cm³/mol. The fourth-order valence-electron chi connectivity index (χ4n) is 2.65. The Bertz CT molecular complexity index is 1250. The van der Waals surface area contributed by atoms with Gasteiger partial charge in [-0.3, -0.25) is 14.9 Å². The molecule has 30 heavy (non-hydrogen) atoms. The van der Waals surface area contributed by atoms with Crippen molar-refractivity contribution in [2.75, 3.05) is 12.1 Å². The summed E-state index contributed by atoms with van der Waals surface area (Å²) in [6.07, 6.45) is 2.86. The number of ether oxygens (including phenoxy) is 1. The third-order valence-electron chi connectivity index (χ3n) is 4.11. The number of anilines is 1. The lowest BCUT2D eigenvalue weighted by molar-refractivity contribution is -0.384. The van der Waals surface area contributed by atoms with Gasteiger partial charge in [0.15, 0.2) is 0 Å². The van der Waals surface area contributed by atoms with E-state index < -0.39 is 10.8 Å². The number of furan rings is 1. The smallest absolute Gasteiger partial charge is 0.281 e. The minimum absolute atomic E-state index is 0.109. The second-order valence-corrected chi connectivity index (χ2v) is 7.02. The molecule has 2 heterocycles. The minimum atomic E-state index is -0.562. The first kappa shape index (κ1) is 19.3. The Labute approximate surface area is 174 Å². The largest absolute Gasteiger partial charge is 0.497 e. The number of aromatic nitrogens is 1. The first-order valence-corrected chi connectivity index (χ1v) is 9.48. The average Bonchev–Trinajstić information content (AvgIpc) is 3.43. The molecule has 2 aromatic heterocycles. The molecule has 0 saturated heterocycles. The van der Waals surface area contributed by atoms with Gasteiger partial charge in [-0.05, 0) is 36.4 Å². The molecule has 0 saturated carbocycles. The molecule has 4 rings (SSSR count). The second-order valence-electron chi connectivity index (χ2n) is 6.01. The highest BCUT2D eigenvalue weighted by Crippen LogP contribution is 2.32. The van der Waals surface area contributed by atoms with E-state index in [1.807, 2.05) is 6.07 Å². The fourth-order valence-corrected chi connectivity index (χ4v) is 3.60. The van der Waals surface area contributed by atoms with Crippen LogP contribution in [0.15, 0.2) is 70.4 Å². The number of rotatable bonds is 6. The first-order valence-electron chi connectivity index (χ1n) is 8.66. The van der Waals surface area contributed by atoms with Crippen molar-refractivity contribution >= 4 is 44.5 Å². The van der Waals surface area contributed by atoms with Crippen LogP contribution in [0, 0.1) is 10.1 Å². The van der Waals surface area contributed by atoms with Gasteiger partial charge in [-0.25, -0.2) is 4.98 Å². The van der Waals surface area contributed by atoms with Gasteiger partial charge in [0.2, 0.25) is 5.13 Å². The molecule has 0 bridgehead atoms. The maximum atomic E-state index is 13.2. The SMILES string of the molecule is COc1ccc2nc(N(/N=C/c3ccco3)C(=O)c3cccc([N+](=O)[O-])c3)sc2c1. The highest BCUT2D eigenvalue weighted by Gasteiger charge is 2.23. The van der Waals surface area contributed by atoms with Crippen molar-refractivity contribution < 1.29 is 18.9 Å². The quantitative estimate of drug-likeness (QED) is 0.257. The van der Waals surface area contributed by atoms with Crippen LogP contribution in [0.4, 0.5) is 10.8 Å². The molecule has 9 nitrogen and oxygen atoms in total. The topological polar surface area (TPSA) is 111 Å². The average molecular weight is 422 g/mol. The van der Waals surface area contributed by atoms with E-state index in [0.717, 1.165) is 9.71 Å². The zero-order valence-electron chi connectivity index (χ0n) is 15.6. The van der Waals surface area contributed by atoms with Crippen molar-refractivity contribution in [3.63, 3.8) is 0 Å². The van der Waals surface area contributed by atoms with E-state index in [1.54, 1.807) is 31.4 Å². The van der Waals surface area contributed by atoms with Crippen molar-refractivity contribution in [1.82, 2.24) is 4.98 Å². The number of benzene rings is 2. The summed E-state index contributed by atoms with van der Waals surface area (Å²) in [7, 11) is 1.56. The van der Waals surface area contributed by atoms with Gasteiger partial charge in [-0.15, -0.1) is 0 Å². The van der Waals surface area contributed by atoms with Gasteiger partial charge in [0.1, 0.15) is 11.5 Å². The summed E-state index contributed by atoms with van der Waals surface area (Å²) in [5.41, 5.74) is 0.586. The van der Waals surface area contributed by atoms with Gasteiger partial charge in [-0.1, -0.05) is 17.4 Å². The predicted octanol–water partition coefficient (Wildman–Crippen LogP) is 4.49. The van der Waals surface area contributed by atoms with Gasteiger partial charge in [0, 0.05) is 17.7 Å². The standard InChI is InChI=1S/C20H14N4O5S/c1-28-15-7-8-17-18(11-15)30-20(22-17)23(21-12-16-6-3-9-29-16)19(25)13-4-2-5-14(10-13)24(26)27/h2-12H,1H3/b21-12+. The lowest BCUT2D eigenvalue weighted by Gasteiger charge is -2.13. The van der Waals surface area contributed by atoms with Crippen molar-refractivity contribution in [1.29, 1.82) is 0 Å². The Hall–Kier alpha value is -4.05. The number of amides is 1. The summed E-state index contributed by atoms with van der Waals surface area (Å²) in [6.45, 7) is 0. The fraction of sp³-hybridized carbons (Fsp3) is 0.0500. The number of carbonyl (C=O) groups excluding carboxylic acids is 1. The molecule has 0 unspecified atom stereocenters. The molecule has 0 aliphatic heterocycles. The Morgan fingerprint density at radius 3 is 2.87 bits per heavy atom. The van der Waals surface area contributed by atoms with Crippen molar-refractivity contribution in [2.45, 2.75) is 0 Å². The van der Waals surface area contributed by atoms with E-state index in [4.69, 9.17) is 9.15 Å². The molecule has 0 N–H and O–H groups in total. The van der Waals surface area contributed by atoms with Crippen LogP contribution in [0.3, 0.4) is 0 Å². The number of carbonyl (C=O) groups is 1. The monoisotopic (exact) mass is 422 g/mol. The number of nitro groups is 1. The van der Waals surface area contributed by atoms with Crippen molar-refractivity contribution in [3.8, 4) is 5.75 Å². The first-order chi connectivity index (χ1) is 14.5. The Balaban J connectivity index is 1.77. The summed E-state index contributed by atoms with van der Waals surface area (Å²) in [6, 6.07) is 14.2. The van der Waals surface area contributed by atoms with Crippen LogP contribution in [0.2, 0.25) is 0 Å². The number of methoxy groups -OCH3 is 1. The lowest BCUT2D eigenvalue weighted by Crippen LogP contribution is -2.25. The van der Waals surface area contributed by atoms with E-state index in [2.05, 4.69) is 10.1 Å². The number of non-ortho nitro benzene ring substituents is 1. The Morgan fingerprint density at radius 2 is 2.13 bits per heavy atom. The van der Waals surface area contributed by atoms with E-state index in [1.165, 1.54) is 48.1 Å². The maximum absolute atomic E-state index is 13.2. The Kier molecular flexibility index (Phi) is 5.22. The molecule has 10 heteroatoms. The molecule has 0 radical (unpaired) electrons. The second kappa shape index (κ2) is 8.13. The molecule has 0 aliphatic carbocycles. The number of fused-ring (bicyclic) bond motifs is 1. The van der Waals surface area contributed by atoms with Gasteiger partial charge in [-0.2, -0.15) is 10.1 Å². The number of hydrogen-bond acceptors (Lipinski definition) is 8. The highest BCUT2D eigenvalue weighted by molar-refractivity contribution is 7.22. The molecule has 0 fully saturated rings. The third-order valence-corrected chi connectivity index (χ3v) is 5.10. The zero-order chi connectivity index (χ0) is 21.1. The normalized spacial score (nSPS) is 11.1. The molecule has 0 aliphatic rings. The van der Waals surface area contributed by atoms with Crippen LogP contribution in [-0.4, -0.2) is 29.1 Å². The molecule has 150 valence electrons. The van der Waals surface area contributed by atoms with Crippen LogP contribution >= 0.6 is 11.3 Å². The Morgan fingerprint density at radius 1 is 1.27 bits per heavy atom. The summed E-state index contributed by atoms with van der Waals surface area (Å²) in [4.78, 5) is 28.2. The summed E-state index contributed by atoms with van der Waals surface area (Å²) in [5.74, 6) is 0.537. The minimum Gasteiger partial charge on any atom is -0.497 e. The number of thiazole rings is 1. The van der Waals surface area contributed by atoms with Crippen molar-refractivity contribution in [3.05, 3.63) is 82.3 Å². The number of hydrazone groups is 1. The molecule has 0 atom stereocenters. The van der Waals surface area contributed by atoms with Crippen LogP contribution < -0.4 is 9.75 Å². The molecule has 0 spiro atoms. The van der Waals surface area contributed by atoms with Crippen LogP contribution in [0.25, 0.3) is 10.2 Å². The third kappa shape index (κ3) is 3.89. The maximum Gasteiger partial charge on any atom is 0.281 e. The van der Waals surface area contributed by atoms with Crippen molar-refractivity contribution in [2.24, 2.45) is 5.10 Å². The molecular formula is C20H14N4O5S. The van der Waals surface area contributed by atoms with E-state index in [-0.39, 0.29) is 11.3 Å². The lowest BCUT2D eigenvalue weighted by atomic mass is 10.2. The number of hydrogen-bond donors (Lipinski definition) is 0. The number of nitro benzene ring substituents is 1. The van der Waals surface area contributed by atoms with Crippen LogP contribution in [0.1, 0.15) is 16.1 Å². The zero-order valence-corrected chi connectivity index (χ0v) is 16.4. The van der Waals surface area contributed by atoms with Gasteiger partial charge >= 0.3 is 0 Å². The van der Waals surface area contributed by atoms with Gasteiger partial charge in [0.05, 0.1) is 34.7 Å². The van der Waals surface area contributed by atoms with Gasteiger partial charge < -0.3 is 9.15 Å². The molecule has 2 aromatic carbocycles. The number of nitrogens with zero attached hydrogens (tertiary/aromatic N) is 4.